The van der Waals surface area contributed by atoms with Gasteiger partial charge in [0, 0.05) is 24.3 Å². The Morgan fingerprint density at radius 2 is 2.08 bits per heavy atom. The predicted molar refractivity (Wildman–Crippen MR) is 98.9 cm³/mol. The molecule has 0 aliphatic carbocycles. The number of carbonyl (C=O) groups is 1. The molecule has 0 saturated carbocycles. The number of halogens is 2. The summed E-state index contributed by atoms with van der Waals surface area (Å²) in [5.74, 6) is 1.47. The maximum absolute atomic E-state index is 12.0. The van der Waals surface area contributed by atoms with E-state index in [2.05, 4.69) is 20.2 Å². The van der Waals surface area contributed by atoms with Gasteiger partial charge in [0.2, 0.25) is 0 Å². The molecule has 3 rings (SSSR count). The number of aromatic nitrogens is 2. The molecule has 1 amide bonds. The molecule has 2 aromatic rings. The zero-order valence-electron chi connectivity index (χ0n) is 14.0. The van der Waals surface area contributed by atoms with Crippen molar-refractivity contribution in [1.82, 2.24) is 15.3 Å². The van der Waals surface area contributed by atoms with Gasteiger partial charge in [-0.25, -0.2) is 9.97 Å². The van der Waals surface area contributed by atoms with E-state index in [-0.39, 0.29) is 19.1 Å². The first-order chi connectivity index (χ1) is 12.6. The molecule has 0 unspecified atom stereocenters. The largest absolute Gasteiger partial charge is 0.482 e. The summed E-state index contributed by atoms with van der Waals surface area (Å²) in [7, 11) is 0. The van der Waals surface area contributed by atoms with Gasteiger partial charge in [0.1, 0.15) is 17.4 Å². The minimum Gasteiger partial charge on any atom is -0.482 e. The third-order valence-electron chi connectivity index (χ3n) is 3.72. The van der Waals surface area contributed by atoms with Gasteiger partial charge >= 0.3 is 0 Å². The number of ether oxygens (including phenoxy) is 2. The highest BCUT2D eigenvalue weighted by molar-refractivity contribution is 6.35. The topological polar surface area (TPSA) is 76.6 Å². The van der Waals surface area contributed by atoms with E-state index in [4.69, 9.17) is 32.7 Å². The van der Waals surface area contributed by atoms with Gasteiger partial charge in [-0.2, -0.15) is 0 Å². The fraction of sp³-hybridized carbons (Fsp3) is 0.353. The molecule has 2 heterocycles. The normalized spacial score (nSPS) is 14.2. The first kappa shape index (κ1) is 18.7. The maximum atomic E-state index is 12.0. The molecule has 9 heteroatoms. The Hall–Kier alpha value is -2.09. The number of nitrogens with zero attached hydrogens (tertiary/aromatic N) is 3. The van der Waals surface area contributed by atoms with Crippen LogP contribution in [0.1, 0.15) is 5.82 Å². The van der Waals surface area contributed by atoms with E-state index in [1.807, 2.05) is 6.07 Å². The van der Waals surface area contributed by atoms with Gasteiger partial charge in [0.15, 0.2) is 6.61 Å². The van der Waals surface area contributed by atoms with Gasteiger partial charge in [0.25, 0.3) is 5.91 Å². The third kappa shape index (κ3) is 5.20. The molecule has 0 bridgehead atoms. The molecule has 1 fully saturated rings. The number of carbonyl (C=O) groups excluding carboxylic acids is 1. The lowest BCUT2D eigenvalue weighted by molar-refractivity contribution is -0.123. The summed E-state index contributed by atoms with van der Waals surface area (Å²) >= 11 is 11.8. The summed E-state index contributed by atoms with van der Waals surface area (Å²) in [5, 5.41) is 3.59. The summed E-state index contributed by atoms with van der Waals surface area (Å²) in [5.41, 5.74) is 0. The monoisotopic (exact) mass is 396 g/mol. The Balaban J connectivity index is 1.49. The Bertz CT molecular complexity index is 769. The van der Waals surface area contributed by atoms with E-state index in [1.54, 1.807) is 24.4 Å². The van der Waals surface area contributed by atoms with Crippen molar-refractivity contribution in [3.8, 4) is 5.75 Å². The molecule has 1 aliphatic heterocycles. The minimum absolute atomic E-state index is 0.162. The average Bonchev–Trinajstić information content (AvgIpc) is 2.66. The Kier molecular flexibility index (Phi) is 6.49. The van der Waals surface area contributed by atoms with Crippen LogP contribution in [0.25, 0.3) is 0 Å². The van der Waals surface area contributed by atoms with Gasteiger partial charge < -0.3 is 19.7 Å². The molecule has 1 aromatic carbocycles. The van der Waals surface area contributed by atoms with E-state index in [0.29, 0.717) is 34.8 Å². The van der Waals surface area contributed by atoms with Crippen molar-refractivity contribution >= 4 is 34.9 Å². The van der Waals surface area contributed by atoms with Crippen molar-refractivity contribution in [1.29, 1.82) is 0 Å². The molecule has 1 aliphatic rings. The predicted octanol–water partition coefficient (Wildman–Crippen LogP) is 2.32. The van der Waals surface area contributed by atoms with Crippen molar-refractivity contribution in [2.24, 2.45) is 0 Å². The quantitative estimate of drug-likeness (QED) is 0.807. The van der Waals surface area contributed by atoms with E-state index in [9.17, 15) is 4.79 Å². The van der Waals surface area contributed by atoms with E-state index < -0.39 is 0 Å². The molecule has 1 aromatic heterocycles. The van der Waals surface area contributed by atoms with Crippen molar-refractivity contribution in [2.75, 3.05) is 37.8 Å². The lowest BCUT2D eigenvalue weighted by Crippen LogP contribution is -2.37. The van der Waals surface area contributed by atoms with Crippen molar-refractivity contribution in [3.05, 3.63) is 46.3 Å². The van der Waals surface area contributed by atoms with Crippen LogP contribution in [0.4, 0.5) is 5.82 Å². The number of morpholine rings is 1. The van der Waals surface area contributed by atoms with Crippen LogP contribution in [0.15, 0.2) is 30.5 Å². The Morgan fingerprint density at radius 3 is 2.85 bits per heavy atom. The SMILES string of the molecule is O=C(COc1ccc(Cl)cc1Cl)NCc1nccc(N2CCOCC2)n1. The van der Waals surface area contributed by atoms with Crippen molar-refractivity contribution < 1.29 is 14.3 Å². The molecule has 138 valence electrons. The highest BCUT2D eigenvalue weighted by Crippen LogP contribution is 2.27. The van der Waals surface area contributed by atoms with Crippen LogP contribution >= 0.6 is 23.2 Å². The number of amides is 1. The molecule has 26 heavy (non-hydrogen) atoms. The van der Waals surface area contributed by atoms with Crippen LogP contribution in [0, 0.1) is 0 Å². The molecule has 1 saturated heterocycles. The van der Waals surface area contributed by atoms with Gasteiger partial charge in [0.05, 0.1) is 24.8 Å². The smallest absolute Gasteiger partial charge is 0.258 e. The number of hydrogen-bond acceptors (Lipinski definition) is 6. The second-order valence-corrected chi connectivity index (χ2v) is 6.41. The molecule has 0 radical (unpaired) electrons. The lowest BCUT2D eigenvalue weighted by atomic mass is 10.3. The lowest BCUT2D eigenvalue weighted by Gasteiger charge is -2.27. The first-order valence-corrected chi connectivity index (χ1v) is 8.86. The first-order valence-electron chi connectivity index (χ1n) is 8.11. The molecule has 0 spiro atoms. The van der Waals surface area contributed by atoms with Gasteiger partial charge in [-0.05, 0) is 24.3 Å². The van der Waals surface area contributed by atoms with Gasteiger partial charge in [-0.1, -0.05) is 23.2 Å². The van der Waals surface area contributed by atoms with Crippen LogP contribution in [0.5, 0.6) is 5.75 Å². The second-order valence-electron chi connectivity index (χ2n) is 5.57. The minimum atomic E-state index is -0.295. The molecular weight excluding hydrogens is 379 g/mol. The highest BCUT2D eigenvalue weighted by atomic mass is 35.5. The zero-order chi connectivity index (χ0) is 18.4. The van der Waals surface area contributed by atoms with Crippen LogP contribution in [0.2, 0.25) is 10.0 Å². The standard InChI is InChI=1S/C17H18Cl2N4O3/c18-12-1-2-14(13(19)9-12)26-11-17(24)21-10-15-20-4-3-16(22-15)23-5-7-25-8-6-23/h1-4,9H,5-8,10-11H2,(H,21,24). The van der Waals surface area contributed by atoms with E-state index >= 15 is 0 Å². The molecule has 1 N–H and O–H groups in total. The number of nitrogens with one attached hydrogen (secondary N) is 1. The maximum Gasteiger partial charge on any atom is 0.258 e. The van der Waals surface area contributed by atoms with Crippen molar-refractivity contribution in [2.45, 2.75) is 6.54 Å². The molecule has 7 nitrogen and oxygen atoms in total. The second kappa shape index (κ2) is 9.02. The van der Waals surface area contributed by atoms with Crippen molar-refractivity contribution in [3.63, 3.8) is 0 Å². The molecule has 0 atom stereocenters. The fourth-order valence-electron chi connectivity index (χ4n) is 2.41. The van der Waals surface area contributed by atoms with Crippen LogP contribution < -0.4 is 15.0 Å². The van der Waals surface area contributed by atoms with Gasteiger partial charge in [-0.15, -0.1) is 0 Å². The zero-order valence-corrected chi connectivity index (χ0v) is 15.5. The Labute approximate surface area is 161 Å². The fourth-order valence-corrected chi connectivity index (χ4v) is 2.87. The Morgan fingerprint density at radius 1 is 1.27 bits per heavy atom. The van der Waals surface area contributed by atoms with Crippen LogP contribution in [-0.2, 0) is 16.1 Å². The average molecular weight is 397 g/mol. The number of rotatable bonds is 6. The summed E-state index contributed by atoms with van der Waals surface area (Å²) < 4.78 is 10.7. The summed E-state index contributed by atoms with van der Waals surface area (Å²) in [4.78, 5) is 22.8. The third-order valence-corrected chi connectivity index (χ3v) is 4.25. The summed E-state index contributed by atoms with van der Waals surface area (Å²) in [6.07, 6.45) is 1.68. The van der Waals surface area contributed by atoms with Crippen LogP contribution in [0.3, 0.4) is 0 Å². The van der Waals surface area contributed by atoms with E-state index in [0.717, 1.165) is 18.9 Å². The number of anilines is 1. The van der Waals surface area contributed by atoms with Crippen LogP contribution in [-0.4, -0.2) is 48.8 Å². The van der Waals surface area contributed by atoms with E-state index in [1.165, 1.54) is 0 Å². The molecular formula is C17H18Cl2N4O3. The summed E-state index contributed by atoms with van der Waals surface area (Å²) in [6.45, 7) is 3.00. The summed E-state index contributed by atoms with van der Waals surface area (Å²) in [6, 6.07) is 6.67. The highest BCUT2D eigenvalue weighted by Gasteiger charge is 2.13. The van der Waals surface area contributed by atoms with Gasteiger partial charge in [-0.3, -0.25) is 4.79 Å². The number of benzene rings is 1. The number of hydrogen-bond donors (Lipinski definition) is 1.